The summed E-state index contributed by atoms with van der Waals surface area (Å²) in [6, 6.07) is 9.42. The van der Waals surface area contributed by atoms with E-state index in [1.54, 1.807) is 0 Å². The van der Waals surface area contributed by atoms with Gasteiger partial charge in [-0.25, -0.2) is 0 Å². The van der Waals surface area contributed by atoms with E-state index in [1.165, 1.54) is 11.1 Å². The molecule has 4 unspecified atom stereocenters. The van der Waals surface area contributed by atoms with Gasteiger partial charge < -0.3 is 15.4 Å². The standard InChI is InChI=1S/C24H40N4O2S.HI/c1-4-25-24(27-21-7-6-8-22(17-21)31(29)5-2)26-18-23(28-13-15-30-16-14-28)20-11-9-19(3)10-12-20;/h9-12,21-23H,4-8,13-18H2,1-3H3,(H2,25,26,27);1H. The molecule has 6 nitrogen and oxygen atoms in total. The lowest BCUT2D eigenvalue weighted by atomic mass is 9.95. The largest absolute Gasteiger partial charge is 0.379 e. The summed E-state index contributed by atoms with van der Waals surface area (Å²) in [5, 5.41) is 7.39. The molecule has 2 aliphatic rings. The van der Waals surface area contributed by atoms with E-state index in [0.717, 1.165) is 70.2 Å². The Balaban J connectivity index is 0.00000363. The zero-order valence-corrected chi connectivity index (χ0v) is 23.0. The second-order valence-electron chi connectivity index (χ2n) is 8.59. The van der Waals surface area contributed by atoms with Crippen molar-refractivity contribution in [3.05, 3.63) is 35.4 Å². The van der Waals surface area contributed by atoms with E-state index in [9.17, 15) is 4.21 Å². The molecule has 8 heteroatoms. The molecule has 1 aliphatic carbocycles. The first-order valence-corrected chi connectivity index (χ1v) is 13.3. The topological polar surface area (TPSA) is 66.0 Å². The van der Waals surface area contributed by atoms with E-state index in [1.807, 2.05) is 6.92 Å². The first-order valence-electron chi connectivity index (χ1n) is 11.9. The molecule has 1 aromatic rings. The second kappa shape index (κ2) is 14.5. The van der Waals surface area contributed by atoms with Crippen molar-refractivity contribution in [3.63, 3.8) is 0 Å². The summed E-state index contributed by atoms with van der Waals surface area (Å²) in [6.07, 6.45) is 4.30. The highest BCUT2D eigenvalue weighted by atomic mass is 127. The van der Waals surface area contributed by atoms with Crippen molar-refractivity contribution in [3.8, 4) is 0 Å². The van der Waals surface area contributed by atoms with Gasteiger partial charge in [0.25, 0.3) is 0 Å². The van der Waals surface area contributed by atoms with Crippen molar-refractivity contribution in [1.82, 2.24) is 15.5 Å². The van der Waals surface area contributed by atoms with Gasteiger partial charge in [-0.3, -0.25) is 14.1 Å². The number of benzene rings is 1. The molecule has 1 aromatic carbocycles. The Bertz CT molecular complexity index is 725. The highest BCUT2D eigenvalue weighted by Gasteiger charge is 2.27. The Morgan fingerprint density at radius 3 is 2.59 bits per heavy atom. The van der Waals surface area contributed by atoms with Crippen LogP contribution in [0, 0.1) is 6.92 Å². The highest BCUT2D eigenvalue weighted by molar-refractivity contribution is 14.0. The minimum atomic E-state index is -0.713. The third-order valence-corrected chi connectivity index (χ3v) is 8.08. The van der Waals surface area contributed by atoms with Gasteiger partial charge in [0.05, 0.1) is 25.8 Å². The average Bonchev–Trinajstić information content (AvgIpc) is 2.80. The number of nitrogens with zero attached hydrogens (tertiary/aromatic N) is 2. The van der Waals surface area contributed by atoms with Crippen LogP contribution in [0.25, 0.3) is 0 Å². The number of hydrogen-bond acceptors (Lipinski definition) is 4. The van der Waals surface area contributed by atoms with Crippen molar-refractivity contribution in [1.29, 1.82) is 0 Å². The highest BCUT2D eigenvalue weighted by Crippen LogP contribution is 2.24. The predicted molar refractivity (Wildman–Crippen MR) is 146 cm³/mol. The van der Waals surface area contributed by atoms with E-state index in [-0.39, 0.29) is 30.0 Å². The number of aliphatic imine (C=N–C) groups is 1. The number of aryl methyl sites for hydroxylation is 1. The maximum atomic E-state index is 12.3. The van der Waals surface area contributed by atoms with Crippen molar-refractivity contribution in [2.75, 3.05) is 45.1 Å². The molecular weight excluding hydrogens is 535 g/mol. The molecule has 0 bridgehead atoms. The summed E-state index contributed by atoms with van der Waals surface area (Å²) in [6.45, 7) is 11.2. The number of guanidine groups is 1. The summed E-state index contributed by atoms with van der Waals surface area (Å²) in [5.74, 6) is 1.63. The second-order valence-corrected chi connectivity index (χ2v) is 10.6. The molecule has 0 radical (unpaired) electrons. The van der Waals surface area contributed by atoms with Gasteiger partial charge in [0.15, 0.2) is 5.96 Å². The number of hydrogen-bond donors (Lipinski definition) is 2. The van der Waals surface area contributed by atoms with Gasteiger partial charge in [0.2, 0.25) is 0 Å². The zero-order chi connectivity index (χ0) is 22.1. The van der Waals surface area contributed by atoms with E-state index in [2.05, 4.69) is 53.6 Å². The number of rotatable bonds is 8. The van der Waals surface area contributed by atoms with Crippen molar-refractivity contribution in [2.45, 2.75) is 63.8 Å². The summed E-state index contributed by atoms with van der Waals surface area (Å²) < 4.78 is 17.9. The van der Waals surface area contributed by atoms with Crippen LogP contribution in [0.4, 0.5) is 0 Å². The van der Waals surface area contributed by atoms with Crippen LogP contribution in [0.2, 0.25) is 0 Å². The van der Waals surface area contributed by atoms with Gasteiger partial charge in [0, 0.05) is 47.5 Å². The van der Waals surface area contributed by atoms with E-state index in [4.69, 9.17) is 9.73 Å². The predicted octanol–water partition coefficient (Wildman–Crippen LogP) is 3.62. The maximum Gasteiger partial charge on any atom is 0.191 e. The number of ether oxygens (including phenoxy) is 1. The first-order chi connectivity index (χ1) is 15.1. The monoisotopic (exact) mass is 576 g/mol. The zero-order valence-electron chi connectivity index (χ0n) is 19.8. The molecule has 4 atom stereocenters. The number of nitrogens with one attached hydrogen (secondary N) is 2. The summed E-state index contributed by atoms with van der Waals surface area (Å²) in [4.78, 5) is 7.50. The quantitative estimate of drug-likeness (QED) is 0.281. The summed E-state index contributed by atoms with van der Waals surface area (Å²) in [5.41, 5.74) is 2.59. The van der Waals surface area contributed by atoms with Gasteiger partial charge in [-0.15, -0.1) is 24.0 Å². The third-order valence-electron chi connectivity index (χ3n) is 6.34. The molecule has 1 aliphatic heterocycles. The van der Waals surface area contributed by atoms with Crippen LogP contribution in [-0.4, -0.2) is 71.5 Å². The lowest BCUT2D eigenvalue weighted by Gasteiger charge is -2.34. The van der Waals surface area contributed by atoms with Crippen LogP contribution in [0.3, 0.4) is 0 Å². The van der Waals surface area contributed by atoms with Crippen molar-refractivity contribution >= 4 is 40.7 Å². The van der Waals surface area contributed by atoms with Crippen molar-refractivity contribution in [2.24, 2.45) is 4.99 Å². The molecule has 0 amide bonds. The van der Waals surface area contributed by atoms with E-state index in [0.29, 0.717) is 17.8 Å². The molecule has 0 spiro atoms. The fourth-order valence-corrected chi connectivity index (χ4v) is 5.90. The van der Waals surface area contributed by atoms with Crippen LogP contribution in [0.15, 0.2) is 29.3 Å². The van der Waals surface area contributed by atoms with Gasteiger partial charge in [-0.1, -0.05) is 43.2 Å². The van der Waals surface area contributed by atoms with Crippen molar-refractivity contribution < 1.29 is 8.95 Å². The van der Waals surface area contributed by atoms with E-state index >= 15 is 0 Å². The van der Waals surface area contributed by atoms with Gasteiger partial charge in [-0.05, 0) is 38.7 Å². The molecule has 0 aromatic heterocycles. The molecule has 1 saturated heterocycles. The molecule has 2 fully saturated rings. The van der Waals surface area contributed by atoms with Gasteiger partial charge >= 0.3 is 0 Å². The Morgan fingerprint density at radius 1 is 1.22 bits per heavy atom. The molecule has 1 saturated carbocycles. The molecule has 2 N–H and O–H groups in total. The van der Waals surface area contributed by atoms with Crippen LogP contribution >= 0.6 is 24.0 Å². The number of halogens is 1. The third kappa shape index (κ3) is 8.25. The van der Waals surface area contributed by atoms with Crippen LogP contribution in [0.1, 0.15) is 56.7 Å². The maximum absolute atomic E-state index is 12.3. The Morgan fingerprint density at radius 2 is 1.94 bits per heavy atom. The molecular formula is C24H41IN4O2S. The Hall–Kier alpha value is -0.710. The minimum absolute atomic E-state index is 0. The SMILES string of the molecule is CCNC(=NCC(c1ccc(C)cc1)N1CCOCC1)NC1CCCC(S(=O)CC)C1.I. The fourth-order valence-electron chi connectivity index (χ4n) is 4.55. The van der Waals surface area contributed by atoms with Crippen LogP contribution in [0.5, 0.6) is 0 Å². The lowest BCUT2D eigenvalue weighted by molar-refractivity contribution is 0.0179. The lowest BCUT2D eigenvalue weighted by Crippen LogP contribution is -2.47. The van der Waals surface area contributed by atoms with E-state index < -0.39 is 10.8 Å². The summed E-state index contributed by atoms with van der Waals surface area (Å²) in [7, 11) is -0.713. The molecule has 182 valence electrons. The van der Waals surface area contributed by atoms with Crippen LogP contribution < -0.4 is 10.6 Å². The fraction of sp³-hybridized carbons (Fsp3) is 0.708. The Kier molecular flexibility index (Phi) is 12.5. The van der Waals surface area contributed by atoms with Gasteiger partial charge in [-0.2, -0.15) is 0 Å². The Labute approximate surface area is 213 Å². The molecule has 1 heterocycles. The molecule has 32 heavy (non-hydrogen) atoms. The van der Waals surface area contributed by atoms with Gasteiger partial charge in [0.1, 0.15) is 0 Å². The molecule has 3 rings (SSSR count). The normalized spacial score (nSPS) is 24.3. The smallest absolute Gasteiger partial charge is 0.191 e. The average molecular weight is 577 g/mol. The van der Waals surface area contributed by atoms with Crippen LogP contribution in [-0.2, 0) is 15.5 Å². The number of morpholine rings is 1. The first kappa shape index (κ1) is 27.5. The minimum Gasteiger partial charge on any atom is -0.379 e. The summed E-state index contributed by atoms with van der Waals surface area (Å²) >= 11 is 0.